The smallest absolute Gasteiger partial charge is 0.225 e. The van der Waals surface area contributed by atoms with Crippen LogP contribution in [0.25, 0.3) is 0 Å². The third-order valence-electron chi connectivity index (χ3n) is 3.45. The summed E-state index contributed by atoms with van der Waals surface area (Å²) in [5.41, 5.74) is 6.78. The summed E-state index contributed by atoms with van der Waals surface area (Å²) in [5, 5.41) is 1.08. The second kappa shape index (κ2) is 5.72. The summed E-state index contributed by atoms with van der Waals surface area (Å²) in [4.78, 5) is 18.9. The van der Waals surface area contributed by atoms with Crippen LogP contribution in [-0.4, -0.2) is 41.1 Å². The van der Waals surface area contributed by atoms with E-state index in [4.69, 9.17) is 5.73 Å². The SMILES string of the molecule is Cc1nc(N2CCN(c3ncccn3)CC2)sc1CN. The van der Waals surface area contributed by atoms with Crippen molar-refractivity contribution < 1.29 is 0 Å². The molecule has 0 aliphatic carbocycles. The van der Waals surface area contributed by atoms with Gasteiger partial charge in [-0.15, -0.1) is 11.3 Å². The molecule has 1 fully saturated rings. The van der Waals surface area contributed by atoms with Crippen LogP contribution in [0.3, 0.4) is 0 Å². The summed E-state index contributed by atoms with van der Waals surface area (Å²) >= 11 is 1.70. The van der Waals surface area contributed by atoms with E-state index >= 15 is 0 Å². The number of anilines is 2. The van der Waals surface area contributed by atoms with Gasteiger partial charge < -0.3 is 15.5 Å². The highest BCUT2D eigenvalue weighted by Crippen LogP contribution is 2.26. The number of nitrogens with zero attached hydrogens (tertiary/aromatic N) is 5. The fourth-order valence-electron chi connectivity index (χ4n) is 2.29. The van der Waals surface area contributed by atoms with Crippen molar-refractivity contribution in [2.75, 3.05) is 36.0 Å². The van der Waals surface area contributed by atoms with E-state index in [1.54, 1.807) is 23.7 Å². The summed E-state index contributed by atoms with van der Waals surface area (Å²) in [7, 11) is 0. The van der Waals surface area contributed by atoms with Gasteiger partial charge in [0.2, 0.25) is 5.95 Å². The molecule has 7 heteroatoms. The maximum Gasteiger partial charge on any atom is 0.225 e. The van der Waals surface area contributed by atoms with E-state index < -0.39 is 0 Å². The van der Waals surface area contributed by atoms with Crippen LogP contribution in [0.2, 0.25) is 0 Å². The van der Waals surface area contributed by atoms with Gasteiger partial charge >= 0.3 is 0 Å². The molecule has 0 saturated carbocycles. The first-order valence-electron chi connectivity index (χ1n) is 6.71. The lowest BCUT2D eigenvalue weighted by molar-refractivity contribution is 0.638. The number of thiazole rings is 1. The molecule has 2 aromatic rings. The molecule has 0 bridgehead atoms. The van der Waals surface area contributed by atoms with Crippen LogP contribution in [0.1, 0.15) is 10.6 Å². The molecule has 0 unspecified atom stereocenters. The second-order valence-corrected chi connectivity index (χ2v) is 5.79. The van der Waals surface area contributed by atoms with E-state index in [1.807, 2.05) is 13.0 Å². The molecule has 1 aliphatic rings. The predicted octanol–water partition coefficient (Wildman–Crippen LogP) is 1.03. The maximum atomic E-state index is 5.72. The van der Waals surface area contributed by atoms with Gasteiger partial charge in [0.05, 0.1) is 5.69 Å². The maximum absolute atomic E-state index is 5.72. The minimum absolute atomic E-state index is 0.571. The molecule has 1 saturated heterocycles. The van der Waals surface area contributed by atoms with Crippen LogP contribution in [0, 0.1) is 6.92 Å². The number of aryl methyl sites for hydroxylation is 1. The molecule has 3 rings (SSSR count). The molecule has 20 heavy (non-hydrogen) atoms. The van der Waals surface area contributed by atoms with E-state index in [0.29, 0.717) is 6.54 Å². The Kier molecular flexibility index (Phi) is 3.79. The third-order valence-corrected chi connectivity index (χ3v) is 4.69. The number of hydrogen-bond acceptors (Lipinski definition) is 7. The van der Waals surface area contributed by atoms with Gasteiger partial charge in [0.1, 0.15) is 0 Å². The Morgan fingerprint density at radius 2 is 1.80 bits per heavy atom. The molecule has 2 N–H and O–H groups in total. The van der Waals surface area contributed by atoms with Gasteiger partial charge in [-0.1, -0.05) is 0 Å². The third kappa shape index (κ3) is 2.59. The van der Waals surface area contributed by atoms with Crippen LogP contribution in [-0.2, 0) is 6.54 Å². The largest absolute Gasteiger partial charge is 0.345 e. The summed E-state index contributed by atoms with van der Waals surface area (Å²) in [6.07, 6.45) is 3.57. The van der Waals surface area contributed by atoms with E-state index in [2.05, 4.69) is 24.8 Å². The summed E-state index contributed by atoms with van der Waals surface area (Å²) in [6.45, 7) is 6.31. The number of rotatable bonds is 3. The Balaban J connectivity index is 1.66. The van der Waals surface area contributed by atoms with Gasteiger partial charge in [0.15, 0.2) is 5.13 Å². The fraction of sp³-hybridized carbons (Fsp3) is 0.462. The topological polar surface area (TPSA) is 71.2 Å². The van der Waals surface area contributed by atoms with Crippen molar-refractivity contribution >= 4 is 22.4 Å². The summed E-state index contributed by atoms with van der Waals surface area (Å²) in [6, 6.07) is 1.84. The molecule has 3 heterocycles. The number of hydrogen-bond donors (Lipinski definition) is 1. The quantitative estimate of drug-likeness (QED) is 0.910. The van der Waals surface area contributed by atoms with E-state index in [-0.39, 0.29) is 0 Å². The normalized spacial score (nSPS) is 15.7. The highest BCUT2D eigenvalue weighted by molar-refractivity contribution is 7.15. The van der Waals surface area contributed by atoms with Gasteiger partial charge in [0.25, 0.3) is 0 Å². The van der Waals surface area contributed by atoms with E-state index in [0.717, 1.165) is 43.0 Å². The molecular weight excluding hydrogens is 272 g/mol. The van der Waals surface area contributed by atoms with Gasteiger partial charge in [0, 0.05) is 50.0 Å². The second-order valence-electron chi connectivity index (χ2n) is 4.73. The van der Waals surface area contributed by atoms with Crippen molar-refractivity contribution in [3.63, 3.8) is 0 Å². The molecule has 6 nitrogen and oxygen atoms in total. The van der Waals surface area contributed by atoms with Gasteiger partial charge in [-0.2, -0.15) is 0 Å². The lowest BCUT2D eigenvalue weighted by atomic mass is 10.3. The monoisotopic (exact) mass is 290 g/mol. The molecule has 2 aromatic heterocycles. The van der Waals surface area contributed by atoms with E-state index in [1.165, 1.54) is 4.88 Å². The molecule has 0 atom stereocenters. The van der Waals surface area contributed by atoms with E-state index in [9.17, 15) is 0 Å². The molecule has 1 aliphatic heterocycles. The van der Waals surface area contributed by atoms with Crippen LogP contribution in [0.5, 0.6) is 0 Å². The Labute approximate surface area is 122 Å². The minimum Gasteiger partial charge on any atom is -0.345 e. The van der Waals surface area contributed by atoms with Crippen LogP contribution in [0.15, 0.2) is 18.5 Å². The van der Waals surface area contributed by atoms with Crippen LogP contribution in [0.4, 0.5) is 11.1 Å². The van der Waals surface area contributed by atoms with Crippen molar-refractivity contribution in [1.82, 2.24) is 15.0 Å². The highest BCUT2D eigenvalue weighted by atomic mass is 32.1. The first-order valence-corrected chi connectivity index (χ1v) is 7.53. The van der Waals surface area contributed by atoms with Gasteiger partial charge in [-0.25, -0.2) is 15.0 Å². The van der Waals surface area contributed by atoms with Crippen molar-refractivity contribution in [3.05, 3.63) is 29.0 Å². The van der Waals surface area contributed by atoms with Crippen molar-refractivity contribution in [3.8, 4) is 0 Å². The lowest BCUT2D eigenvalue weighted by Crippen LogP contribution is -2.47. The predicted molar refractivity (Wildman–Crippen MR) is 81.2 cm³/mol. The fourth-order valence-corrected chi connectivity index (χ4v) is 3.28. The molecule has 0 aromatic carbocycles. The average Bonchev–Trinajstić information content (AvgIpc) is 2.89. The first kappa shape index (κ1) is 13.3. The van der Waals surface area contributed by atoms with Crippen molar-refractivity contribution in [2.45, 2.75) is 13.5 Å². The molecular formula is C13H18N6S. The van der Waals surface area contributed by atoms with Crippen LogP contribution >= 0.6 is 11.3 Å². The van der Waals surface area contributed by atoms with Gasteiger partial charge in [-0.05, 0) is 13.0 Å². The number of aromatic nitrogens is 3. The Morgan fingerprint density at radius 3 is 2.40 bits per heavy atom. The Hall–Kier alpha value is -1.73. The Bertz CT molecular complexity index is 561. The highest BCUT2D eigenvalue weighted by Gasteiger charge is 2.21. The zero-order valence-electron chi connectivity index (χ0n) is 11.5. The molecule has 0 radical (unpaired) electrons. The molecule has 0 amide bonds. The average molecular weight is 290 g/mol. The summed E-state index contributed by atoms with van der Waals surface area (Å²) in [5.74, 6) is 0.810. The van der Waals surface area contributed by atoms with Crippen molar-refractivity contribution in [1.29, 1.82) is 0 Å². The van der Waals surface area contributed by atoms with Crippen molar-refractivity contribution in [2.24, 2.45) is 5.73 Å². The number of piperazine rings is 1. The summed E-state index contributed by atoms with van der Waals surface area (Å²) < 4.78 is 0. The standard InChI is InChI=1S/C13H18N6S/c1-10-11(9-14)20-13(17-10)19-7-5-18(6-8-19)12-15-3-2-4-16-12/h2-4H,5-9,14H2,1H3. The zero-order chi connectivity index (χ0) is 13.9. The number of nitrogens with two attached hydrogens (primary N) is 1. The molecule has 0 spiro atoms. The molecule has 106 valence electrons. The van der Waals surface area contributed by atoms with Gasteiger partial charge in [-0.3, -0.25) is 0 Å². The zero-order valence-corrected chi connectivity index (χ0v) is 12.3. The Morgan fingerprint density at radius 1 is 1.15 bits per heavy atom. The lowest BCUT2D eigenvalue weighted by Gasteiger charge is -2.34. The first-order chi connectivity index (χ1) is 9.78. The minimum atomic E-state index is 0.571. The van der Waals surface area contributed by atoms with Crippen LogP contribution < -0.4 is 15.5 Å².